The molecule has 0 saturated heterocycles. The van der Waals surface area contributed by atoms with E-state index in [9.17, 15) is 4.79 Å². The number of rotatable bonds is 8. The SMILES string of the molecule is CCCNC(COC1CCCC(OC)C1)C(N)=O. The van der Waals surface area contributed by atoms with Crippen LogP contribution in [0.3, 0.4) is 0 Å². The molecule has 1 rings (SSSR count). The van der Waals surface area contributed by atoms with Gasteiger partial charge in [-0.05, 0) is 38.6 Å². The minimum absolute atomic E-state index is 0.189. The fraction of sp³-hybridized carbons (Fsp3) is 0.923. The summed E-state index contributed by atoms with van der Waals surface area (Å²) in [7, 11) is 1.74. The highest BCUT2D eigenvalue weighted by Gasteiger charge is 2.24. The van der Waals surface area contributed by atoms with E-state index in [1.54, 1.807) is 7.11 Å². The molecule has 0 bridgehead atoms. The van der Waals surface area contributed by atoms with Crippen LogP contribution in [0.1, 0.15) is 39.0 Å². The maximum atomic E-state index is 11.3. The largest absolute Gasteiger partial charge is 0.381 e. The van der Waals surface area contributed by atoms with Gasteiger partial charge in [0.25, 0.3) is 0 Å². The van der Waals surface area contributed by atoms with Crippen molar-refractivity contribution < 1.29 is 14.3 Å². The quantitative estimate of drug-likeness (QED) is 0.676. The Hall–Kier alpha value is -0.650. The van der Waals surface area contributed by atoms with Crippen molar-refractivity contribution >= 4 is 5.91 Å². The second kappa shape index (κ2) is 8.45. The normalized spacial score (nSPS) is 25.9. The minimum Gasteiger partial charge on any atom is -0.381 e. The third-order valence-corrected chi connectivity index (χ3v) is 3.39. The number of amides is 1. The van der Waals surface area contributed by atoms with Gasteiger partial charge in [-0.1, -0.05) is 6.92 Å². The van der Waals surface area contributed by atoms with Crippen LogP contribution in [-0.4, -0.2) is 44.4 Å². The molecule has 5 nitrogen and oxygen atoms in total. The summed E-state index contributed by atoms with van der Waals surface area (Å²) >= 11 is 0. The summed E-state index contributed by atoms with van der Waals surface area (Å²) < 4.78 is 11.1. The lowest BCUT2D eigenvalue weighted by Crippen LogP contribution is -2.46. The molecular formula is C13H26N2O3. The molecule has 0 radical (unpaired) electrons. The van der Waals surface area contributed by atoms with Gasteiger partial charge in [0.1, 0.15) is 6.04 Å². The maximum absolute atomic E-state index is 11.3. The molecule has 18 heavy (non-hydrogen) atoms. The van der Waals surface area contributed by atoms with Crippen molar-refractivity contribution in [3.8, 4) is 0 Å². The van der Waals surface area contributed by atoms with Crippen LogP contribution in [0.5, 0.6) is 0 Å². The zero-order valence-corrected chi connectivity index (χ0v) is 11.5. The average molecular weight is 258 g/mol. The first-order valence-electron chi connectivity index (χ1n) is 6.84. The molecule has 1 fully saturated rings. The summed E-state index contributed by atoms with van der Waals surface area (Å²) in [5.74, 6) is -0.345. The number of nitrogens with two attached hydrogens (primary N) is 1. The van der Waals surface area contributed by atoms with E-state index in [2.05, 4.69) is 12.2 Å². The lowest BCUT2D eigenvalue weighted by Gasteiger charge is -2.29. The number of ether oxygens (including phenoxy) is 2. The van der Waals surface area contributed by atoms with Gasteiger partial charge in [-0.3, -0.25) is 4.79 Å². The second-order valence-corrected chi connectivity index (χ2v) is 4.89. The molecule has 106 valence electrons. The molecule has 1 saturated carbocycles. The van der Waals surface area contributed by atoms with Crippen molar-refractivity contribution in [1.29, 1.82) is 0 Å². The summed E-state index contributed by atoms with van der Waals surface area (Å²) in [6.45, 7) is 3.19. The number of hydrogen-bond acceptors (Lipinski definition) is 4. The highest BCUT2D eigenvalue weighted by atomic mass is 16.5. The van der Waals surface area contributed by atoms with Crippen LogP contribution in [0, 0.1) is 0 Å². The number of hydrogen-bond donors (Lipinski definition) is 2. The fourth-order valence-corrected chi connectivity index (χ4v) is 2.26. The number of carbonyl (C=O) groups excluding carboxylic acids is 1. The summed E-state index contributed by atoms with van der Waals surface area (Å²) in [6.07, 6.45) is 5.62. The molecule has 1 aliphatic carbocycles. The number of methoxy groups -OCH3 is 1. The Balaban J connectivity index is 2.30. The van der Waals surface area contributed by atoms with Crippen molar-refractivity contribution in [3.05, 3.63) is 0 Å². The third-order valence-electron chi connectivity index (χ3n) is 3.39. The van der Waals surface area contributed by atoms with Crippen LogP contribution in [0.2, 0.25) is 0 Å². The lowest BCUT2D eigenvalue weighted by atomic mass is 9.95. The van der Waals surface area contributed by atoms with Crippen LogP contribution >= 0.6 is 0 Å². The Morgan fingerprint density at radius 1 is 1.44 bits per heavy atom. The summed E-state index contributed by atoms with van der Waals surface area (Å²) in [5, 5.41) is 3.10. The molecule has 0 aliphatic heterocycles. The van der Waals surface area contributed by atoms with Gasteiger partial charge in [-0.15, -0.1) is 0 Å². The predicted octanol–water partition coefficient (Wildman–Crippen LogP) is 0.814. The van der Waals surface area contributed by atoms with Gasteiger partial charge in [-0.2, -0.15) is 0 Å². The first-order chi connectivity index (χ1) is 8.67. The molecule has 0 aromatic heterocycles. The van der Waals surface area contributed by atoms with Gasteiger partial charge in [0.2, 0.25) is 5.91 Å². The van der Waals surface area contributed by atoms with Gasteiger partial charge < -0.3 is 20.5 Å². The number of carbonyl (C=O) groups is 1. The average Bonchev–Trinajstić information content (AvgIpc) is 2.38. The molecule has 1 aliphatic rings. The maximum Gasteiger partial charge on any atom is 0.236 e. The Morgan fingerprint density at radius 2 is 2.17 bits per heavy atom. The molecular weight excluding hydrogens is 232 g/mol. The third kappa shape index (κ3) is 5.33. The van der Waals surface area contributed by atoms with Gasteiger partial charge in [0, 0.05) is 7.11 Å². The van der Waals surface area contributed by atoms with Gasteiger partial charge in [0.15, 0.2) is 0 Å². The Morgan fingerprint density at radius 3 is 2.78 bits per heavy atom. The number of nitrogens with one attached hydrogen (secondary N) is 1. The molecule has 1 amide bonds. The molecule has 5 heteroatoms. The van der Waals surface area contributed by atoms with E-state index in [1.165, 1.54) is 0 Å². The Labute approximate surface area is 109 Å². The van der Waals surface area contributed by atoms with Crippen LogP contribution < -0.4 is 11.1 Å². The van der Waals surface area contributed by atoms with Gasteiger partial charge in [-0.25, -0.2) is 0 Å². The van der Waals surface area contributed by atoms with Crippen molar-refractivity contribution in [2.24, 2.45) is 5.73 Å². The minimum atomic E-state index is -0.382. The first kappa shape index (κ1) is 15.4. The molecule has 3 unspecified atom stereocenters. The van der Waals surface area contributed by atoms with Crippen molar-refractivity contribution in [1.82, 2.24) is 5.32 Å². The summed E-state index contributed by atoms with van der Waals surface area (Å²) in [6, 6.07) is -0.382. The Bertz CT molecular complexity index is 248. The highest BCUT2D eigenvalue weighted by molar-refractivity contribution is 5.79. The van der Waals surface area contributed by atoms with Crippen molar-refractivity contribution in [2.75, 3.05) is 20.3 Å². The molecule has 3 atom stereocenters. The lowest BCUT2D eigenvalue weighted by molar-refractivity contribution is -0.122. The fourth-order valence-electron chi connectivity index (χ4n) is 2.26. The van der Waals surface area contributed by atoms with E-state index < -0.39 is 0 Å². The Kier molecular flexibility index (Phi) is 7.23. The predicted molar refractivity (Wildman–Crippen MR) is 70.3 cm³/mol. The second-order valence-electron chi connectivity index (χ2n) is 4.89. The first-order valence-corrected chi connectivity index (χ1v) is 6.84. The standard InChI is InChI=1S/C13H26N2O3/c1-3-7-15-12(13(14)16)9-18-11-6-4-5-10(8-11)17-2/h10-12,15H,3-9H2,1-2H3,(H2,14,16). The van der Waals surface area contributed by atoms with Crippen LogP contribution in [-0.2, 0) is 14.3 Å². The zero-order valence-electron chi connectivity index (χ0n) is 11.5. The van der Waals surface area contributed by atoms with E-state index in [0.29, 0.717) is 12.7 Å². The van der Waals surface area contributed by atoms with Gasteiger partial charge >= 0.3 is 0 Å². The number of primary amides is 1. The molecule has 0 heterocycles. The van der Waals surface area contributed by atoms with E-state index in [0.717, 1.165) is 38.6 Å². The molecule has 0 aromatic carbocycles. The van der Waals surface area contributed by atoms with E-state index in [1.807, 2.05) is 0 Å². The molecule has 0 spiro atoms. The van der Waals surface area contributed by atoms with E-state index >= 15 is 0 Å². The topological polar surface area (TPSA) is 73.6 Å². The zero-order chi connectivity index (χ0) is 13.4. The molecule has 3 N–H and O–H groups in total. The molecule has 0 aromatic rings. The van der Waals surface area contributed by atoms with Crippen LogP contribution in [0.4, 0.5) is 0 Å². The van der Waals surface area contributed by atoms with Crippen molar-refractivity contribution in [3.63, 3.8) is 0 Å². The monoisotopic (exact) mass is 258 g/mol. The summed E-state index contributed by atoms with van der Waals surface area (Å²) in [5.41, 5.74) is 5.34. The summed E-state index contributed by atoms with van der Waals surface area (Å²) in [4.78, 5) is 11.3. The van der Waals surface area contributed by atoms with Crippen LogP contribution in [0.25, 0.3) is 0 Å². The smallest absolute Gasteiger partial charge is 0.236 e. The van der Waals surface area contributed by atoms with E-state index in [-0.39, 0.29) is 18.1 Å². The highest BCUT2D eigenvalue weighted by Crippen LogP contribution is 2.23. The van der Waals surface area contributed by atoms with Crippen LogP contribution in [0.15, 0.2) is 0 Å². The van der Waals surface area contributed by atoms with Gasteiger partial charge in [0.05, 0.1) is 18.8 Å². The van der Waals surface area contributed by atoms with Crippen molar-refractivity contribution in [2.45, 2.75) is 57.3 Å². The van der Waals surface area contributed by atoms with E-state index in [4.69, 9.17) is 15.2 Å².